The zero-order chi connectivity index (χ0) is 15.4. The minimum Gasteiger partial charge on any atom is -0.459 e. The molecule has 0 radical (unpaired) electrons. The van der Waals surface area contributed by atoms with Crippen LogP contribution in [-0.2, 0) is 5.75 Å². The summed E-state index contributed by atoms with van der Waals surface area (Å²) in [5.74, 6) is 1.49. The molecule has 1 aliphatic rings. The Kier molecular flexibility index (Phi) is 4.85. The number of nitrogens with one attached hydrogen (secondary N) is 1. The lowest BCUT2D eigenvalue weighted by molar-refractivity contribution is 0.0904. The topological polar surface area (TPSA) is 68.3 Å². The first-order valence-corrected chi connectivity index (χ1v) is 8.51. The van der Waals surface area contributed by atoms with Gasteiger partial charge in [0, 0.05) is 28.8 Å². The summed E-state index contributed by atoms with van der Waals surface area (Å²) >= 11 is 1.69. The highest BCUT2D eigenvalue weighted by Gasteiger charge is 2.32. The molecule has 4 nitrogen and oxygen atoms in total. The van der Waals surface area contributed by atoms with Crippen molar-refractivity contribution < 1.29 is 9.21 Å². The molecule has 3 N–H and O–H groups in total. The largest absolute Gasteiger partial charge is 0.459 e. The molecule has 1 aliphatic carbocycles. The average Bonchev–Trinajstić information content (AvgIpc) is 3.28. The number of benzene rings is 1. The Bertz CT molecular complexity index is 623. The van der Waals surface area contributed by atoms with Gasteiger partial charge in [-0.25, -0.2) is 0 Å². The van der Waals surface area contributed by atoms with Gasteiger partial charge in [0.2, 0.25) is 0 Å². The van der Waals surface area contributed by atoms with Crippen molar-refractivity contribution >= 4 is 17.7 Å². The summed E-state index contributed by atoms with van der Waals surface area (Å²) in [5, 5.41) is 3.00. The molecule has 0 aliphatic heterocycles. The number of rotatable bonds is 7. The number of furan rings is 1. The second-order valence-electron chi connectivity index (χ2n) is 5.53. The van der Waals surface area contributed by atoms with E-state index in [0.29, 0.717) is 24.0 Å². The molecule has 0 saturated heterocycles. The van der Waals surface area contributed by atoms with Crippen LogP contribution in [0.3, 0.4) is 0 Å². The molecule has 1 saturated carbocycles. The van der Waals surface area contributed by atoms with Crippen LogP contribution in [0.1, 0.15) is 29.0 Å². The molecule has 22 heavy (non-hydrogen) atoms. The monoisotopic (exact) mass is 316 g/mol. The average molecular weight is 316 g/mol. The van der Waals surface area contributed by atoms with Crippen LogP contribution in [0.25, 0.3) is 0 Å². The van der Waals surface area contributed by atoms with E-state index in [9.17, 15) is 4.79 Å². The molecule has 1 unspecified atom stereocenters. The lowest BCUT2D eigenvalue weighted by Crippen LogP contribution is -2.41. The number of hydrogen-bond donors (Lipinski definition) is 2. The van der Waals surface area contributed by atoms with Gasteiger partial charge in [0.1, 0.15) is 0 Å². The van der Waals surface area contributed by atoms with Gasteiger partial charge in [-0.2, -0.15) is 0 Å². The summed E-state index contributed by atoms with van der Waals surface area (Å²) < 4.78 is 5.39. The van der Waals surface area contributed by atoms with E-state index in [1.54, 1.807) is 18.0 Å². The van der Waals surface area contributed by atoms with Gasteiger partial charge in [0.15, 0.2) is 5.76 Å². The summed E-state index contributed by atoms with van der Waals surface area (Å²) in [6.07, 6.45) is 3.87. The fourth-order valence-electron chi connectivity index (χ4n) is 2.43. The van der Waals surface area contributed by atoms with Gasteiger partial charge in [-0.15, -0.1) is 11.8 Å². The van der Waals surface area contributed by atoms with E-state index in [1.165, 1.54) is 4.90 Å². The first-order chi connectivity index (χ1) is 10.8. The van der Waals surface area contributed by atoms with Gasteiger partial charge in [-0.1, -0.05) is 18.2 Å². The maximum absolute atomic E-state index is 12.4. The van der Waals surface area contributed by atoms with Gasteiger partial charge < -0.3 is 15.5 Å². The van der Waals surface area contributed by atoms with Gasteiger partial charge in [0.25, 0.3) is 5.91 Å². The fraction of sp³-hybridized carbons (Fsp3) is 0.353. The molecule has 1 aromatic heterocycles. The van der Waals surface area contributed by atoms with Crippen molar-refractivity contribution in [3.05, 3.63) is 54.0 Å². The maximum Gasteiger partial charge on any atom is 0.287 e. The SMILES string of the molecule is NCC(NC(=O)c1occc1CSc1ccccc1)C1CC1. The lowest BCUT2D eigenvalue weighted by atomic mass is 10.1. The molecular weight excluding hydrogens is 296 g/mol. The third-order valence-corrected chi connectivity index (χ3v) is 4.91. The molecule has 5 heteroatoms. The number of nitrogens with two attached hydrogens (primary N) is 1. The van der Waals surface area contributed by atoms with Crippen molar-refractivity contribution in [3.8, 4) is 0 Å². The third kappa shape index (κ3) is 3.72. The Labute approximate surface area is 134 Å². The zero-order valence-electron chi connectivity index (χ0n) is 12.3. The number of carbonyl (C=O) groups excluding carboxylic acids is 1. The smallest absolute Gasteiger partial charge is 0.287 e. The van der Waals surface area contributed by atoms with Crippen LogP contribution in [0.2, 0.25) is 0 Å². The predicted molar refractivity (Wildman–Crippen MR) is 87.7 cm³/mol. The van der Waals surface area contributed by atoms with Gasteiger partial charge in [0.05, 0.1) is 6.26 Å². The van der Waals surface area contributed by atoms with Gasteiger partial charge >= 0.3 is 0 Å². The Morgan fingerprint density at radius 2 is 2.09 bits per heavy atom. The van der Waals surface area contributed by atoms with E-state index in [2.05, 4.69) is 17.4 Å². The van der Waals surface area contributed by atoms with Crippen molar-refractivity contribution in [2.75, 3.05) is 6.54 Å². The van der Waals surface area contributed by atoms with Crippen LogP contribution in [0.5, 0.6) is 0 Å². The molecule has 1 heterocycles. The van der Waals surface area contributed by atoms with Crippen molar-refractivity contribution in [1.29, 1.82) is 0 Å². The third-order valence-electron chi connectivity index (χ3n) is 3.85. The first kappa shape index (κ1) is 15.2. The van der Waals surface area contributed by atoms with Crippen LogP contribution < -0.4 is 11.1 Å². The van der Waals surface area contributed by atoms with Crippen LogP contribution in [0, 0.1) is 5.92 Å². The number of carbonyl (C=O) groups is 1. The highest BCUT2D eigenvalue weighted by Crippen LogP contribution is 2.32. The van der Waals surface area contributed by atoms with Crippen molar-refractivity contribution in [1.82, 2.24) is 5.32 Å². The molecule has 1 fully saturated rings. The minimum absolute atomic E-state index is 0.0622. The van der Waals surface area contributed by atoms with Crippen molar-refractivity contribution in [2.45, 2.75) is 29.5 Å². The summed E-state index contributed by atoms with van der Waals surface area (Å²) in [6.45, 7) is 0.477. The maximum atomic E-state index is 12.4. The first-order valence-electron chi connectivity index (χ1n) is 7.53. The quantitative estimate of drug-likeness (QED) is 0.770. The summed E-state index contributed by atoms with van der Waals surface area (Å²) in [5.41, 5.74) is 6.65. The summed E-state index contributed by atoms with van der Waals surface area (Å²) in [4.78, 5) is 13.5. The van der Waals surface area contributed by atoms with E-state index in [0.717, 1.165) is 18.4 Å². The summed E-state index contributed by atoms with van der Waals surface area (Å²) in [6, 6.07) is 12.0. The number of amides is 1. The molecule has 1 aromatic carbocycles. The predicted octanol–water partition coefficient (Wildman–Crippen LogP) is 3.04. The van der Waals surface area contributed by atoms with Crippen LogP contribution in [0.4, 0.5) is 0 Å². The molecule has 0 bridgehead atoms. The Hall–Kier alpha value is -1.72. The zero-order valence-corrected chi connectivity index (χ0v) is 13.1. The molecule has 1 amide bonds. The summed E-state index contributed by atoms with van der Waals surface area (Å²) in [7, 11) is 0. The second kappa shape index (κ2) is 7.03. The van der Waals surface area contributed by atoms with Crippen LogP contribution in [-0.4, -0.2) is 18.5 Å². The molecule has 0 spiro atoms. The van der Waals surface area contributed by atoms with Crippen molar-refractivity contribution in [2.24, 2.45) is 11.7 Å². The molecule has 1 atom stereocenters. The number of thioether (sulfide) groups is 1. The molecule has 2 aromatic rings. The molecular formula is C17H20N2O2S. The molecule has 116 valence electrons. The lowest BCUT2D eigenvalue weighted by Gasteiger charge is -2.15. The van der Waals surface area contributed by atoms with Gasteiger partial charge in [-0.05, 0) is 37.0 Å². The van der Waals surface area contributed by atoms with E-state index < -0.39 is 0 Å². The van der Waals surface area contributed by atoms with E-state index in [4.69, 9.17) is 10.2 Å². The van der Waals surface area contributed by atoms with Crippen molar-refractivity contribution in [3.63, 3.8) is 0 Å². The van der Waals surface area contributed by atoms with Crippen LogP contribution >= 0.6 is 11.8 Å². The Balaban J connectivity index is 1.62. The minimum atomic E-state index is -0.156. The Morgan fingerprint density at radius 1 is 1.32 bits per heavy atom. The highest BCUT2D eigenvalue weighted by molar-refractivity contribution is 7.98. The van der Waals surface area contributed by atoms with E-state index >= 15 is 0 Å². The fourth-order valence-corrected chi connectivity index (χ4v) is 3.33. The highest BCUT2D eigenvalue weighted by atomic mass is 32.2. The van der Waals surface area contributed by atoms with E-state index in [1.807, 2.05) is 24.3 Å². The second-order valence-corrected chi connectivity index (χ2v) is 6.58. The normalized spacial score (nSPS) is 15.5. The standard InChI is InChI=1S/C17H20N2O2S/c18-10-15(12-6-7-12)19-17(20)16-13(8-9-21-16)11-22-14-4-2-1-3-5-14/h1-5,8-9,12,15H,6-7,10-11,18H2,(H,19,20). The number of hydrogen-bond acceptors (Lipinski definition) is 4. The Morgan fingerprint density at radius 3 is 2.77 bits per heavy atom. The van der Waals surface area contributed by atoms with E-state index in [-0.39, 0.29) is 11.9 Å². The van der Waals surface area contributed by atoms with Gasteiger partial charge in [-0.3, -0.25) is 4.79 Å². The molecule has 3 rings (SSSR count). The van der Waals surface area contributed by atoms with Crippen LogP contribution in [0.15, 0.2) is 52.0 Å².